The Bertz CT molecular complexity index is 1610. The Labute approximate surface area is 231 Å². The molecule has 0 amide bonds. The molecule has 4 aromatic carbocycles. The van der Waals surface area contributed by atoms with Crippen molar-refractivity contribution < 1.29 is 21.6 Å². The van der Waals surface area contributed by atoms with Gasteiger partial charge < -0.3 is 4.74 Å². The molecule has 7 nitrogen and oxygen atoms in total. The van der Waals surface area contributed by atoms with Crippen LogP contribution in [0.5, 0.6) is 11.5 Å². The van der Waals surface area contributed by atoms with Gasteiger partial charge in [-0.3, -0.25) is 9.44 Å². The molecular weight excluding hydrogens is 532 g/mol. The van der Waals surface area contributed by atoms with Crippen molar-refractivity contribution in [2.24, 2.45) is 0 Å². The Morgan fingerprint density at radius 3 is 1.10 bits per heavy atom. The zero-order valence-electron chi connectivity index (χ0n) is 22.8. The summed E-state index contributed by atoms with van der Waals surface area (Å²) >= 11 is 0. The molecular formula is C30H32N2O5S2. The summed E-state index contributed by atoms with van der Waals surface area (Å²) in [6.45, 7) is 11.2. The minimum absolute atomic E-state index is 0.245. The molecule has 9 heteroatoms. The lowest BCUT2D eigenvalue weighted by atomic mass is 10.1. The second kappa shape index (κ2) is 10.7. The van der Waals surface area contributed by atoms with Crippen molar-refractivity contribution in [3.05, 3.63) is 106 Å². The number of hydrogen-bond donors (Lipinski definition) is 2. The van der Waals surface area contributed by atoms with Gasteiger partial charge in [-0.2, -0.15) is 0 Å². The molecule has 4 aromatic rings. The summed E-state index contributed by atoms with van der Waals surface area (Å²) in [5, 5.41) is 0. The van der Waals surface area contributed by atoms with Crippen molar-refractivity contribution in [3.63, 3.8) is 0 Å². The molecule has 39 heavy (non-hydrogen) atoms. The van der Waals surface area contributed by atoms with Crippen LogP contribution >= 0.6 is 0 Å². The van der Waals surface area contributed by atoms with Crippen LogP contribution in [0.25, 0.3) is 0 Å². The Morgan fingerprint density at radius 1 is 0.462 bits per heavy atom. The fraction of sp³-hybridized carbons (Fsp3) is 0.200. The lowest BCUT2D eigenvalue weighted by molar-refractivity contribution is 0.483. The summed E-state index contributed by atoms with van der Waals surface area (Å²) in [5.74, 6) is 0.999. The average molecular weight is 565 g/mol. The van der Waals surface area contributed by atoms with E-state index in [4.69, 9.17) is 4.74 Å². The van der Waals surface area contributed by atoms with E-state index < -0.39 is 20.0 Å². The van der Waals surface area contributed by atoms with Crippen LogP contribution < -0.4 is 14.2 Å². The molecule has 4 rings (SSSR count). The van der Waals surface area contributed by atoms with Crippen LogP contribution in [-0.4, -0.2) is 16.8 Å². The standard InChI is InChI=1S/C30H32N2O5S2/c1-19-15-23(5)29(17-21(19)3)38(33,34)31-25-7-11-27(12-8-25)37-28-13-9-26(10-14-28)32-39(35,36)30-18-22(4)20(2)16-24(30)6/h7-18,31-32H,1-6H3. The van der Waals surface area contributed by atoms with E-state index in [1.165, 1.54) is 0 Å². The first-order valence-electron chi connectivity index (χ1n) is 12.3. The van der Waals surface area contributed by atoms with Crippen molar-refractivity contribution >= 4 is 31.4 Å². The number of benzene rings is 4. The number of rotatable bonds is 8. The number of nitrogens with one attached hydrogen (secondary N) is 2. The molecule has 0 saturated heterocycles. The molecule has 0 radical (unpaired) electrons. The number of anilines is 2. The third-order valence-electron chi connectivity index (χ3n) is 6.61. The highest BCUT2D eigenvalue weighted by molar-refractivity contribution is 7.93. The van der Waals surface area contributed by atoms with Gasteiger partial charge in [0.25, 0.3) is 20.0 Å². The van der Waals surface area contributed by atoms with Crippen LogP contribution in [0.3, 0.4) is 0 Å². The first-order valence-corrected chi connectivity index (χ1v) is 15.3. The van der Waals surface area contributed by atoms with Crippen molar-refractivity contribution in [3.8, 4) is 11.5 Å². The molecule has 0 bridgehead atoms. The highest BCUT2D eigenvalue weighted by Crippen LogP contribution is 2.28. The molecule has 0 saturated carbocycles. The Kier molecular flexibility index (Phi) is 7.77. The van der Waals surface area contributed by atoms with E-state index in [9.17, 15) is 16.8 Å². The van der Waals surface area contributed by atoms with E-state index in [0.717, 1.165) is 22.3 Å². The number of ether oxygens (including phenoxy) is 1. The quantitative estimate of drug-likeness (QED) is 0.242. The summed E-state index contributed by atoms with van der Waals surface area (Å²) < 4.78 is 62.9. The number of sulfonamides is 2. The summed E-state index contributed by atoms with van der Waals surface area (Å²) in [4.78, 5) is 0.489. The topological polar surface area (TPSA) is 102 Å². The number of aryl methyl sites for hydroxylation is 6. The van der Waals surface area contributed by atoms with Gasteiger partial charge in [-0.05, 0) is 136 Å². The Balaban J connectivity index is 1.43. The van der Waals surface area contributed by atoms with Crippen molar-refractivity contribution in [2.75, 3.05) is 9.44 Å². The molecule has 0 fully saturated rings. The molecule has 204 valence electrons. The summed E-state index contributed by atoms with van der Waals surface area (Å²) in [5.41, 5.74) is 6.07. The maximum Gasteiger partial charge on any atom is 0.262 e. The molecule has 0 aliphatic heterocycles. The van der Waals surface area contributed by atoms with E-state index in [0.29, 0.717) is 34.0 Å². The van der Waals surface area contributed by atoms with Gasteiger partial charge in [-0.15, -0.1) is 0 Å². The molecule has 0 heterocycles. The maximum absolute atomic E-state index is 12.9. The molecule has 0 aliphatic rings. The van der Waals surface area contributed by atoms with Gasteiger partial charge in [0.15, 0.2) is 0 Å². The van der Waals surface area contributed by atoms with Gasteiger partial charge in [0.2, 0.25) is 0 Å². The van der Waals surface area contributed by atoms with Gasteiger partial charge in [-0.1, -0.05) is 12.1 Å². The van der Waals surface area contributed by atoms with Gasteiger partial charge >= 0.3 is 0 Å². The van der Waals surface area contributed by atoms with Crippen LogP contribution in [0.4, 0.5) is 11.4 Å². The van der Waals surface area contributed by atoms with E-state index in [2.05, 4.69) is 9.44 Å². The lowest BCUT2D eigenvalue weighted by Gasteiger charge is -2.14. The second-order valence-corrected chi connectivity index (χ2v) is 13.1. The summed E-state index contributed by atoms with van der Waals surface area (Å²) in [7, 11) is -7.50. The van der Waals surface area contributed by atoms with Crippen LogP contribution in [-0.2, 0) is 20.0 Å². The fourth-order valence-corrected chi connectivity index (χ4v) is 6.93. The van der Waals surface area contributed by atoms with Crippen LogP contribution in [0.1, 0.15) is 33.4 Å². The lowest BCUT2D eigenvalue weighted by Crippen LogP contribution is -2.14. The van der Waals surface area contributed by atoms with Crippen LogP contribution in [0.15, 0.2) is 82.6 Å². The third kappa shape index (κ3) is 6.43. The summed E-state index contributed by atoms with van der Waals surface area (Å²) in [6.07, 6.45) is 0. The van der Waals surface area contributed by atoms with Crippen molar-refractivity contribution in [2.45, 2.75) is 51.3 Å². The van der Waals surface area contributed by atoms with Crippen molar-refractivity contribution in [1.29, 1.82) is 0 Å². The van der Waals surface area contributed by atoms with Crippen LogP contribution in [0, 0.1) is 41.5 Å². The zero-order chi connectivity index (χ0) is 28.5. The largest absolute Gasteiger partial charge is 0.457 e. The molecule has 0 spiro atoms. The highest BCUT2D eigenvalue weighted by atomic mass is 32.2. The van der Waals surface area contributed by atoms with E-state index in [1.54, 1.807) is 74.5 Å². The van der Waals surface area contributed by atoms with Gasteiger partial charge in [0, 0.05) is 11.4 Å². The van der Waals surface area contributed by atoms with Crippen LogP contribution in [0.2, 0.25) is 0 Å². The van der Waals surface area contributed by atoms with E-state index in [1.807, 2.05) is 39.8 Å². The normalized spacial score (nSPS) is 11.7. The first kappa shape index (κ1) is 28.2. The summed E-state index contributed by atoms with van der Waals surface area (Å²) in [6, 6.07) is 20.2. The smallest absolute Gasteiger partial charge is 0.262 e. The van der Waals surface area contributed by atoms with E-state index >= 15 is 0 Å². The zero-order valence-corrected chi connectivity index (χ0v) is 24.4. The van der Waals surface area contributed by atoms with Crippen molar-refractivity contribution in [1.82, 2.24) is 0 Å². The second-order valence-electron chi connectivity index (χ2n) is 9.77. The van der Waals surface area contributed by atoms with Gasteiger partial charge in [-0.25, -0.2) is 16.8 Å². The third-order valence-corrected chi connectivity index (χ3v) is 9.66. The maximum atomic E-state index is 12.9. The molecule has 0 aromatic heterocycles. The predicted octanol–water partition coefficient (Wildman–Crippen LogP) is 6.93. The SMILES string of the molecule is Cc1cc(C)c(S(=O)(=O)Nc2ccc(Oc3ccc(NS(=O)(=O)c4cc(C)c(C)cc4C)cc3)cc2)cc1C. The monoisotopic (exact) mass is 564 g/mol. The number of hydrogen-bond acceptors (Lipinski definition) is 5. The van der Waals surface area contributed by atoms with Gasteiger partial charge in [0.05, 0.1) is 9.79 Å². The fourth-order valence-electron chi connectivity index (χ4n) is 4.19. The molecule has 0 atom stereocenters. The first-order chi connectivity index (χ1) is 18.2. The minimum Gasteiger partial charge on any atom is -0.457 e. The van der Waals surface area contributed by atoms with E-state index in [-0.39, 0.29) is 9.79 Å². The molecule has 0 aliphatic carbocycles. The average Bonchev–Trinajstić information content (AvgIpc) is 2.85. The highest BCUT2D eigenvalue weighted by Gasteiger charge is 2.19. The van der Waals surface area contributed by atoms with Gasteiger partial charge in [0.1, 0.15) is 11.5 Å². The molecule has 2 N–H and O–H groups in total. The molecule has 0 unspecified atom stereocenters. The Hall–Kier alpha value is -3.82. The predicted molar refractivity (Wildman–Crippen MR) is 156 cm³/mol. The minimum atomic E-state index is -3.75. The Morgan fingerprint density at radius 2 is 0.769 bits per heavy atom.